The normalized spacial score (nSPS) is 21.8. The van der Waals surface area contributed by atoms with Gasteiger partial charge in [0.05, 0.1) is 0 Å². The summed E-state index contributed by atoms with van der Waals surface area (Å²) in [5, 5.41) is 0. The predicted octanol–water partition coefficient (Wildman–Crippen LogP) is 1.46. The molecule has 140 valence electrons. The summed E-state index contributed by atoms with van der Waals surface area (Å²) in [6.07, 6.45) is 5.05. The van der Waals surface area contributed by atoms with Crippen LogP contribution in [0, 0.1) is 12.8 Å². The molecule has 2 aromatic heterocycles. The molecule has 3 fully saturated rings. The largest absolute Gasteiger partial charge is 0.336 e. The van der Waals surface area contributed by atoms with Crippen LogP contribution in [0.1, 0.15) is 39.3 Å². The van der Waals surface area contributed by atoms with Crippen LogP contribution in [0.5, 0.6) is 0 Å². The molecule has 0 unspecified atom stereocenters. The van der Waals surface area contributed by atoms with Crippen molar-refractivity contribution in [2.24, 2.45) is 5.92 Å². The quantitative estimate of drug-likeness (QED) is 0.872. The second kappa shape index (κ2) is 6.98. The minimum Gasteiger partial charge on any atom is -0.336 e. The van der Waals surface area contributed by atoms with E-state index in [0.29, 0.717) is 25.2 Å². The Labute approximate surface area is 157 Å². The van der Waals surface area contributed by atoms with Crippen LogP contribution in [0.3, 0.4) is 0 Å². The molecule has 0 spiro atoms. The first-order chi connectivity index (χ1) is 13.0. The van der Waals surface area contributed by atoms with E-state index < -0.39 is 0 Å². The van der Waals surface area contributed by atoms with E-state index in [2.05, 4.69) is 9.97 Å². The summed E-state index contributed by atoms with van der Waals surface area (Å²) in [5.41, 5.74) is 1.15. The van der Waals surface area contributed by atoms with Gasteiger partial charge in [-0.1, -0.05) is 0 Å². The maximum Gasteiger partial charge on any atom is 0.260 e. The Balaban J connectivity index is 1.57. The van der Waals surface area contributed by atoms with Crippen LogP contribution in [-0.4, -0.2) is 57.3 Å². The molecule has 0 radical (unpaired) electrons. The number of aryl methyl sites for hydroxylation is 1. The zero-order valence-corrected chi connectivity index (χ0v) is 15.2. The Morgan fingerprint density at radius 3 is 2.56 bits per heavy atom. The molecule has 5 rings (SSSR count). The fraction of sp³-hybridized carbons (Fsp3) is 0.400. The maximum atomic E-state index is 13.0. The number of carbonyl (C=O) groups is 2. The van der Waals surface area contributed by atoms with Crippen LogP contribution in [0.25, 0.3) is 0 Å². The molecule has 2 amide bonds. The van der Waals surface area contributed by atoms with Crippen LogP contribution in [0.4, 0.5) is 0 Å². The minimum atomic E-state index is -0.357. The van der Waals surface area contributed by atoms with E-state index in [1.807, 2.05) is 4.90 Å². The summed E-state index contributed by atoms with van der Waals surface area (Å²) >= 11 is 0. The number of carbonyl (C=O) groups excluding carboxylic acids is 2. The molecule has 7 heteroatoms. The van der Waals surface area contributed by atoms with Crippen molar-refractivity contribution < 1.29 is 9.59 Å². The lowest BCUT2D eigenvalue weighted by Crippen LogP contribution is -2.48. The number of hydrogen-bond acceptors (Lipinski definition) is 4. The summed E-state index contributed by atoms with van der Waals surface area (Å²) in [7, 11) is 0. The van der Waals surface area contributed by atoms with Gasteiger partial charge in [0, 0.05) is 49.3 Å². The van der Waals surface area contributed by atoms with Gasteiger partial charge in [0.1, 0.15) is 5.56 Å². The Hall–Kier alpha value is -2.96. The van der Waals surface area contributed by atoms with Crippen LogP contribution < -0.4 is 5.56 Å². The van der Waals surface area contributed by atoms with Crippen molar-refractivity contribution in [3.05, 3.63) is 63.8 Å². The van der Waals surface area contributed by atoms with Crippen LogP contribution >= 0.6 is 0 Å². The number of rotatable bonds is 2. The van der Waals surface area contributed by atoms with Crippen molar-refractivity contribution in [3.63, 3.8) is 0 Å². The first kappa shape index (κ1) is 17.5. The SMILES string of the molecule is Cc1ccc(C(=O)N2C[C@H]3CC[C@@H]2CN(C(=O)c2ccncc2)C3)c(=O)[nH]1. The Morgan fingerprint density at radius 1 is 1.04 bits per heavy atom. The van der Waals surface area contributed by atoms with E-state index >= 15 is 0 Å². The van der Waals surface area contributed by atoms with Gasteiger partial charge in [-0.2, -0.15) is 0 Å². The van der Waals surface area contributed by atoms with Crippen molar-refractivity contribution in [2.45, 2.75) is 25.8 Å². The summed E-state index contributed by atoms with van der Waals surface area (Å²) in [5.74, 6) is -0.0519. The fourth-order valence-corrected chi connectivity index (χ4v) is 4.07. The number of H-pyrrole nitrogens is 1. The number of amides is 2. The number of pyridine rings is 2. The minimum absolute atomic E-state index is 0.0308. The Morgan fingerprint density at radius 2 is 1.81 bits per heavy atom. The van der Waals surface area contributed by atoms with E-state index in [0.717, 1.165) is 18.5 Å². The molecule has 0 aliphatic carbocycles. The van der Waals surface area contributed by atoms with Gasteiger partial charge in [0.15, 0.2) is 0 Å². The molecule has 27 heavy (non-hydrogen) atoms. The molecule has 3 saturated heterocycles. The molecule has 7 nitrogen and oxygen atoms in total. The van der Waals surface area contributed by atoms with Crippen molar-refractivity contribution in [2.75, 3.05) is 19.6 Å². The van der Waals surface area contributed by atoms with Crippen LogP contribution in [0.15, 0.2) is 41.5 Å². The van der Waals surface area contributed by atoms with E-state index in [1.54, 1.807) is 48.5 Å². The number of nitrogens with zero attached hydrogens (tertiary/aromatic N) is 3. The van der Waals surface area contributed by atoms with Gasteiger partial charge in [-0.25, -0.2) is 0 Å². The second-order valence-corrected chi connectivity index (χ2v) is 7.38. The third kappa shape index (κ3) is 3.37. The zero-order valence-electron chi connectivity index (χ0n) is 15.2. The number of aromatic amines is 1. The van der Waals surface area contributed by atoms with Gasteiger partial charge in [0.2, 0.25) is 0 Å². The molecule has 1 N–H and O–H groups in total. The Bertz CT molecular complexity index is 924. The number of nitrogens with one attached hydrogen (secondary N) is 1. The van der Waals surface area contributed by atoms with Gasteiger partial charge in [-0.05, 0) is 49.9 Å². The molecule has 0 saturated carbocycles. The molecule has 0 aromatic carbocycles. The summed E-state index contributed by atoms with van der Waals surface area (Å²) < 4.78 is 0. The molecule has 2 aromatic rings. The van der Waals surface area contributed by atoms with Gasteiger partial charge in [0.25, 0.3) is 17.4 Å². The zero-order chi connectivity index (χ0) is 19.0. The highest BCUT2D eigenvalue weighted by molar-refractivity contribution is 5.95. The molecular weight excluding hydrogens is 344 g/mol. The molecule has 2 atom stereocenters. The standard InChI is InChI=1S/C20H22N4O3/c1-13-2-5-17(18(25)22-13)20(27)24-11-14-3-4-16(24)12-23(10-14)19(26)15-6-8-21-9-7-15/h2,5-9,14,16H,3-4,10-12H2,1H3,(H,22,25)/t14-,16+/m0/s1. The van der Waals surface area contributed by atoms with E-state index in [-0.39, 0.29) is 34.9 Å². The molecule has 3 aliphatic heterocycles. The van der Waals surface area contributed by atoms with Crippen LogP contribution in [0.2, 0.25) is 0 Å². The fourth-order valence-electron chi connectivity index (χ4n) is 4.07. The number of hydrogen-bond donors (Lipinski definition) is 1. The molecule has 2 bridgehead atoms. The molecule has 3 aliphatic rings. The number of aromatic nitrogens is 2. The lowest BCUT2D eigenvalue weighted by Gasteiger charge is -2.35. The monoisotopic (exact) mass is 366 g/mol. The smallest absolute Gasteiger partial charge is 0.260 e. The average molecular weight is 366 g/mol. The van der Waals surface area contributed by atoms with Crippen LogP contribution in [-0.2, 0) is 0 Å². The number of fused-ring (bicyclic) bond motifs is 4. The lowest BCUT2D eigenvalue weighted by atomic mass is 9.94. The van der Waals surface area contributed by atoms with Crippen molar-refractivity contribution in [3.8, 4) is 0 Å². The highest BCUT2D eigenvalue weighted by Crippen LogP contribution is 2.29. The van der Waals surface area contributed by atoms with Crippen molar-refractivity contribution >= 4 is 11.8 Å². The first-order valence-corrected chi connectivity index (χ1v) is 9.23. The van der Waals surface area contributed by atoms with Gasteiger partial charge in [-0.3, -0.25) is 19.4 Å². The third-order valence-corrected chi connectivity index (χ3v) is 5.47. The van der Waals surface area contributed by atoms with E-state index in [9.17, 15) is 14.4 Å². The van der Waals surface area contributed by atoms with E-state index in [1.165, 1.54) is 0 Å². The third-order valence-electron chi connectivity index (χ3n) is 5.47. The Kier molecular flexibility index (Phi) is 4.51. The van der Waals surface area contributed by atoms with Gasteiger partial charge in [-0.15, -0.1) is 0 Å². The lowest BCUT2D eigenvalue weighted by molar-refractivity contribution is 0.0572. The summed E-state index contributed by atoms with van der Waals surface area (Å²) in [4.78, 5) is 48.3. The molecule has 5 heterocycles. The summed E-state index contributed by atoms with van der Waals surface area (Å²) in [6.45, 7) is 3.49. The second-order valence-electron chi connectivity index (χ2n) is 7.38. The first-order valence-electron chi connectivity index (χ1n) is 9.23. The van der Waals surface area contributed by atoms with E-state index in [4.69, 9.17) is 0 Å². The highest BCUT2D eigenvalue weighted by atomic mass is 16.2. The average Bonchev–Trinajstić information content (AvgIpc) is 2.99. The molecular formula is C20H22N4O3. The summed E-state index contributed by atoms with van der Waals surface area (Å²) in [6, 6.07) is 6.69. The van der Waals surface area contributed by atoms with Crippen molar-refractivity contribution in [1.29, 1.82) is 0 Å². The van der Waals surface area contributed by atoms with Crippen molar-refractivity contribution in [1.82, 2.24) is 19.8 Å². The topological polar surface area (TPSA) is 86.4 Å². The van der Waals surface area contributed by atoms with Gasteiger partial charge >= 0.3 is 0 Å². The number of piperidine rings is 1. The predicted molar refractivity (Wildman–Crippen MR) is 99.5 cm³/mol. The highest BCUT2D eigenvalue weighted by Gasteiger charge is 2.39. The van der Waals surface area contributed by atoms with Gasteiger partial charge < -0.3 is 14.8 Å². The maximum absolute atomic E-state index is 13.0.